The van der Waals surface area contributed by atoms with Gasteiger partial charge in [0.2, 0.25) is 5.95 Å². The molecule has 1 aromatic heterocycles. The molecule has 3 heterocycles. The Hall–Kier alpha value is -4.50. The minimum Gasteiger partial charge on any atom is -0.483 e. The standard InChI is InChI=1S/C31H34F2N6O4/c1-30(2,3)43-29(40)39-13-11-27(31(32,33)20-39)42-26-9-4-21(18-22(26)19-34)25-10-12-35-28(37-25)36-23-5-7-24(8-6-23)38-14-16-41-17-15-38/h4-10,12,18,27H,11,13-17,20H2,1-3H3,(H,35,36,37). The van der Waals surface area contributed by atoms with Gasteiger partial charge in [0.05, 0.1) is 31.0 Å². The third-order valence-corrected chi connectivity index (χ3v) is 7.01. The molecule has 2 fully saturated rings. The number of morpholine rings is 1. The molecular weight excluding hydrogens is 558 g/mol. The van der Waals surface area contributed by atoms with Crippen LogP contribution in [0.5, 0.6) is 5.75 Å². The van der Waals surface area contributed by atoms with E-state index in [4.69, 9.17) is 14.2 Å². The number of aromatic nitrogens is 2. The summed E-state index contributed by atoms with van der Waals surface area (Å²) >= 11 is 0. The number of ether oxygens (including phenoxy) is 3. The van der Waals surface area contributed by atoms with Gasteiger partial charge in [-0.2, -0.15) is 5.26 Å². The molecule has 2 saturated heterocycles. The summed E-state index contributed by atoms with van der Waals surface area (Å²) in [5.41, 5.74) is 2.37. The van der Waals surface area contributed by atoms with Crippen LogP contribution in [0.4, 0.5) is 30.9 Å². The quantitative estimate of drug-likeness (QED) is 0.390. The first kappa shape index (κ1) is 30.0. The lowest BCUT2D eigenvalue weighted by Crippen LogP contribution is -2.56. The fourth-order valence-corrected chi connectivity index (χ4v) is 4.87. The Morgan fingerprint density at radius 3 is 2.53 bits per heavy atom. The molecule has 2 aliphatic heterocycles. The number of nitrogens with one attached hydrogen (secondary N) is 1. The van der Waals surface area contributed by atoms with E-state index in [1.807, 2.05) is 30.3 Å². The average Bonchev–Trinajstić information content (AvgIpc) is 2.98. The summed E-state index contributed by atoms with van der Waals surface area (Å²) in [7, 11) is 0. The summed E-state index contributed by atoms with van der Waals surface area (Å²) in [6, 6.07) is 16.4. The van der Waals surface area contributed by atoms with Gasteiger partial charge in [0.1, 0.15) is 17.4 Å². The van der Waals surface area contributed by atoms with Gasteiger partial charge >= 0.3 is 12.0 Å². The van der Waals surface area contributed by atoms with Crippen molar-refractivity contribution in [3.63, 3.8) is 0 Å². The molecule has 5 rings (SSSR count). The van der Waals surface area contributed by atoms with E-state index in [1.54, 1.807) is 45.2 Å². The number of alkyl halides is 2. The first-order valence-electron chi connectivity index (χ1n) is 14.1. The molecule has 0 spiro atoms. The van der Waals surface area contributed by atoms with Crippen molar-refractivity contribution in [2.24, 2.45) is 0 Å². The predicted octanol–water partition coefficient (Wildman–Crippen LogP) is 5.62. The topological polar surface area (TPSA) is 113 Å². The summed E-state index contributed by atoms with van der Waals surface area (Å²) < 4.78 is 46.4. The molecule has 2 aromatic carbocycles. The lowest BCUT2D eigenvalue weighted by atomic mass is 10.0. The van der Waals surface area contributed by atoms with Gasteiger partial charge in [-0.1, -0.05) is 0 Å². The number of anilines is 3. The lowest BCUT2D eigenvalue weighted by molar-refractivity contribution is -0.137. The van der Waals surface area contributed by atoms with Gasteiger partial charge in [-0.25, -0.2) is 23.5 Å². The van der Waals surface area contributed by atoms with E-state index in [0.29, 0.717) is 30.4 Å². The van der Waals surface area contributed by atoms with Crippen molar-refractivity contribution in [2.75, 3.05) is 49.6 Å². The number of hydrogen-bond donors (Lipinski definition) is 1. The summed E-state index contributed by atoms with van der Waals surface area (Å²) in [6.45, 7) is 7.36. The van der Waals surface area contributed by atoms with Crippen molar-refractivity contribution in [1.82, 2.24) is 14.9 Å². The van der Waals surface area contributed by atoms with E-state index in [-0.39, 0.29) is 24.3 Å². The Morgan fingerprint density at radius 2 is 1.86 bits per heavy atom. The molecule has 2 aliphatic rings. The van der Waals surface area contributed by atoms with Crippen molar-refractivity contribution in [3.8, 4) is 23.1 Å². The maximum absolute atomic E-state index is 15.0. The van der Waals surface area contributed by atoms with Crippen molar-refractivity contribution in [1.29, 1.82) is 5.26 Å². The maximum Gasteiger partial charge on any atom is 0.410 e. The summed E-state index contributed by atoms with van der Waals surface area (Å²) in [5, 5.41) is 13.0. The molecule has 3 aromatic rings. The van der Waals surface area contributed by atoms with E-state index in [2.05, 4.69) is 20.2 Å². The molecular formula is C31H34F2N6O4. The van der Waals surface area contributed by atoms with Crippen LogP contribution in [0, 0.1) is 11.3 Å². The Labute approximate surface area is 249 Å². The smallest absolute Gasteiger partial charge is 0.410 e. The summed E-state index contributed by atoms with van der Waals surface area (Å²) in [6.07, 6.45) is -0.819. The van der Waals surface area contributed by atoms with Crippen molar-refractivity contribution >= 4 is 23.4 Å². The van der Waals surface area contributed by atoms with E-state index in [1.165, 1.54) is 6.07 Å². The van der Waals surface area contributed by atoms with Crippen LogP contribution in [0.15, 0.2) is 54.7 Å². The van der Waals surface area contributed by atoms with Crippen molar-refractivity contribution < 1.29 is 27.8 Å². The third-order valence-electron chi connectivity index (χ3n) is 7.01. The van der Waals surface area contributed by atoms with Crippen LogP contribution in [0.2, 0.25) is 0 Å². The number of nitriles is 1. The minimum absolute atomic E-state index is 0.0365. The Balaban J connectivity index is 1.25. The number of carbonyl (C=O) groups is 1. The highest BCUT2D eigenvalue weighted by atomic mass is 19.3. The molecule has 43 heavy (non-hydrogen) atoms. The summed E-state index contributed by atoms with van der Waals surface area (Å²) in [4.78, 5) is 24.4. The molecule has 226 valence electrons. The van der Waals surface area contributed by atoms with Crippen LogP contribution in [-0.4, -0.2) is 78.0 Å². The number of carbonyl (C=O) groups excluding carboxylic acids is 1. The number of piperidine rings is 1. The first-order valence-corrected chi connectivity index (χ1v) is 14.1. The van der Waals surface area contributed by atoms with E-state index in [0.717, 1.165) is 29.4 Å². The Kier molecular flexibility index (Phi) is 8.64. The molecule has 12 heteroatoms. The van der Waals surface area contributed by atoms with Crippen molar-refractivity contribution in [2.45, 2.75) is 44.8 Å². The second-order valence-corrected chi connectivity index (χ2v) is 11.4. The van der Waals surface area contributed by atoms with Crippen LogP contribution in [-0.2, 0) is 9.47 Å². The fraction of sp³-hybridized carbons (Fsp3) is 0.419. The number of halogens is 2. The number of hydrogen-bond acceptors (Lipinski definition) is 9. The minimum atomic E-state index is -3.34. The zero-order valence-corrected chi connectivity index (χ0v) is 24.3. The van der Waals surface area contributed by atoms with Crippen LogP contribution in [0.25, 0.3) is 11.3 Å². The molecule has 1 unspecified atom stereocenters. The molecule has 10 nitrogen and oxygen atoms in total. The monoisotopic (exact) mass is 592 g/mol. The highest BCUT2D eigenvalue weighted by molar-refractivity contribution is 5.69. The Morgan fingerprint density at radius 1 is 1.12 bits per heavy atom. The molecule has 1 N–H and O–H groups in total. The van der Waals surface area contributed by atoms with Gasteiger partial charge < -0.3 is 29.3 Å². The predicted molar refractivity (Wildman–Crippen MR) is 157 cm³/mol. The zero-order chi connectivity index (χ0) is 30.6. The zero-order valence-electron chi connectivity index (χ0n) is 24.3. The van der Waals surface area contributed by atoms with Gasteiger partial charge in [-0.05, 0) is 69.3 Å². The number of rotatable bonds is 6. The highest BCUT2D eigenvalue weighted by Gasteiger charge is 2.48. The average molecular weight is 593 g/mol. The largest absolute Gasteiger partial charge is 0.483 e. The lowest BCUT2D eigenvalue weighted by Gasteiger charge is -2.38. The van der Waals surface area contributed by atoms with Gasteiger partial charge in [0.25, 0.3) is 0 Å². The second-order valence-electron chi connectivity index (χ2n) is 11.4. The molecule has 0 bridgehead atoms. The third kappa shape index (κ3) is 7.48. The molecule has 1 atom stereocenters. The normalized spacial score (nSPS) is 18.5. The SMILES string of the molecule is CC(C)(C)OC(=O)N1CCC(Oc2ccc(-c3ccnc(Nc4ccc(N5CCOCC5)cc4)n3)cc2C#N)C(F)(F)C1. The number of likely N-dealkylation sites (tertiary alicyclic amines) is 1. The van der Waals surface area contributed by atoms with E-state index in [9.17, 15) is 10.1 Å². The number of benzene rings is 2. The van der Waals surface area contributed by atoms with E-state index < -0.39 is 30.3 Å². The second kappa shape index (κ2) is 12.4. The molecule has 0 saturated carbocycles. The van der Waals surface area contributed by atoms with Crippen LogP contribution in [0.3, 0.4) is 0 Å². The number of nitrogens with zero attached hydrogens (tertiary/aromatic N) is 5. The molecule has 0 radical (unpaired) electrons. The molecule has 1 amide bonds. The first-order chi connectivity index (χ1) is 20.5. The van der Waals surface area contributed by atoms with Gasteiger partial charge in [0, 0.05) is 49.2 Å². The summed E-state index contributed by atoms with van der Waals surface area (Å²) in [5.74, 6) is -2.94. The van der Waals surface area contributed by atoms with Gasteiger partial charge in [0.15, 0.2) is 6.10 Å². The van der Waals surface area contributed by atoms with E-state index >= 15 is 8.78 Å². The van der Waals surface area contributed by atoms with Crippen molar-refractivity contribution in [3.05, 3.63) is 60.3 Å². The van der Waals surface area contributed by atoms with Crippen LogP contribution < -0.4 is 15.0 Å². The van der Waals surface area contributed by atoms with Gasteiger partial charge in [-0.15, -0.1) is 0 Å². The number of amides is 1. The molecule has 0 aliphatic carbocycles. The van der Waals surface area contributed by atoms with Crippen LogP contribution in [0.1, 0.15) is 32.8 Å². The van der Waals surface area contributed by atoms with Crippen LogP contribution >= 0.6 is 0 Å². The highest BCUT2D eigenvalue weighted by Crippen LogP contribution is 2.34. The maximum atomic E-state index is 15.0. The fourth-order valence-electron chi connectivity index (χ4n) is 4.87. The Bertz CT molecular complexity index is 1480. The van der Waals surface area contributed by atoms with Gasteiger partial charge in [-0.3, -0.25) is 0 Å².